The van der Waals surface area contributed by atoms with Gasteiger partial charge in [-0.15, -0.1) is 0 Å². The fourth-order valence-electron chi connectivity index (χ4n) is 6.11. The van der Waals surface area contributed by atoms with Gasteiger partial charge >= 0.3 is 0 Å². The molecule has 31 heavy (non-hydrogen) atoms. The number of rotatable bonds is 8. The van der Waals surface area contributed by atoms with Crippen LogP contribution in [-0.2, 0) is 27.1 Å². The molecule has 2 aliphatic carbocycles. The van der Waals surface area contributed by atoms with Crippen LogP contribution in [0.2, 0.25) is 0 Å². The normalized spacial score (nSPS) is 35.5. The third kappa shape index (κ3) is 4.74. The van der Waals surface area contributed by atoms with E-state index < -0.39 is 0 Å². The Balaban J connectivity index is 1.23. The molecule has 8 unspecified atom stereocenters. The van der Waals surface area contributed by atoms with Gasteiger partial charge in [-0.25, -0.2) is 0 Å². The second kappa shape index (κ2) is 8.69. The Hall–Kier alpha value is -1.68. The first-order valence-electron chi connectivity index (χ1n) is 12.4. The van der Waals surface area contributed by atoms with Crippen molar-refractivity contribution in [3.05, 3.63) is 71.8 Å². The van der Waals surface area contributed by atoms with Crippen molar-refractivity contribution >= 4 is 0 Å². The van der Waals surface area contributed by atoms with E-state index in [2.05, 4.69) is 60.7 Å². The van der Waals surface area contributed by atoms with Crippen molar-refractivity contribution in [2.24, 2.45) is 11.8 Å². The van der Waals surface area contributed by atoms with Crippen LogP contribution in [-0.4, -0.2) is 36.6 Å². The number of benzene rings is 2. The van der Waals surface area contributed by atoms with Gasteiger partial charge in [-0.2, -0.15) is 0 Å². The third-order valence-electron chi connectivity index (χ3n) is 8.05. The highest BCUT2D eigenvalue weighted by molar-refractivity contribution is 5.18. The van der Waals surface area contributed by atoms with Gasteiger partial charge in [0.1, 0.15) is 0 Å². The van der Waals surface area contributed by atoms with E-state index in [9.17, 15) is 0 Å². The molecule has 0 radical (unpaired) electrons. The first-order valence-corrected chi connectivity index (χ1v) is 12.4. The van der Waals surface area contributed by atoms with Gasteiger partial charge < -0.3 is 14.2 Å². The van der Waals surface area contributed by atoms with Gasteiger partial charge in [0, 0.05) is 0 Å². The lowest BCUT2D eigenvalue weighted by Crippen LogP contribution is -2.39. The van der Waals surface area contributed by atoms with E-state index in [1.54, 1.807) is 0 Å². The zero-order chi connectivity index (χ0) is 20.6. The molecule has 3 nitrogen and oxygen atoms in total. The average Bonchev–Trinajstić information content (AvgIpc) is 3.73. The summed E-state index contributed by atoms with van der Waals surface area (Å²) < 4.78 is 18.9. The SMILES string of the molecule is c1ccc(CC(OC(Cc2ccccc2)C2CCC3OC3C2)C2CCC3OC3C2)cc1. The summed E-state index contributed by atoms with van der Waals surface area (Å²) in [5.74, 6) is 1.19. The Morgan fingerprint density at radius 1 is 0.613 bits per heavy atom. The van der Waals surface area contributed by atoms with Crippen LogP contribution < -0.4 is 0 Å². The number of fused-ring (bicyclic) bond motifs is 2. The van der Waals surface area contributed by atoms with E-state index in [0.717, 1.165) is 12.8 Å². The second-order valence-corrected chi connectivity index (χ2v) is 10.2. The van der Waals surface area contributed by atoms with E-state index in [4.69, 9.17) is 14.2 Å². The summed E-state index contributed by atoms with van der Waals surface area (Å²) >= 11 is 0. The van der Waals surface area contributed by atoms with Crippen LogP contribution >= 0.6 is 0 Å². The molecule has 0 aromatic heterocycles. The topological polar surface area (TPSA) is 34.3 Å². The molecule has 2 aliphatic heterocycles. The Bertz CT molecular complexity index is 782. The average molecular weight is 419 g/mol. The summed E-state index contributed by atoms with van der Waals surface area (Å²) in [6, 6.07) is 21.8. The fourth-order valence-corrected chi connectivity index (χ4v) is 6.11. The van der Waals surface area contributed by atoms with E-state index >= 15 is 0 Å². The summed E-state index contributed by atoms with van der Waals surface area (Å²) in [5, 5.41) is 0. The monoisotopic (exact) mass is 418 g/mol. The first-order chi connectivity index (χ1) is 15.3. The maximum atomic E-state index is 7.16. The molecule has 2 aromatic carbocycles. The van der Waals surface area contributed by atoms with Crippen molar-refractivity contribution in [2.45, 2.75) is 88.0 Å². The molecular formula is C28H34O3. The zero-order valence-electron chi connectivity index (χ0n) is 18.3. The molecule has 0 spiro atoms. The third-order valence-corrected chi connectivity index (χ3v) is 8.05. The van der Waals surface area contributed by atoms with Gasteiger partial charge in [-0.3, -0.25) is 0 Å². The predicted molar refractivity (Wildman–Crippen MR) is 121 cm³/mol. The minimum Gasteiger partial charge on any atom is -0.374 e. The van der Waals surface area contributed by atoms with Crippen molar-refractivity contribution in [1.29, 1.82) is 0 Å². The van der Waals surface area contributed by atoms with Crippen LogP contribution in [0.25, 0.3) is 0 Å². The van der Waals surface area contributed by atoms with Crippen molar-refractivity contribution < 1.29 is 14.2 Å². The minimum atomic E-state index is 0.263. The van der Waals surface area contributed by atoms with Crippen molar-refractivity contribution in [2.75, 3.05) is 0 Å². The molecule has 0 N–H and O–H groups in total. The van der Waals surface area contributed by atoms with Crippen LogP contribution in [0, 0.1) is 11.8 Å². The highest BCUT2D eigenvalue weighted by atomic mass is 16.6. The van der Waals surface area contributed by atoms with Crippen LogP contribution in [0.3, 0.4) is 0 Å². The minimum absolute atomic E-state index is 0.263. The lowest BCUT2D eigenvalue weighted by Gasteiger charge is -2.36. The summed E-state index contributed by atoms with van der Waals surface area (Å²) in [5.41, 5.74) is 2.78. The van der Waals surface area contributed by atoms with Crippen LogP contribution in [0.1, 0.15) is 49.7 Å². The van der Waals surface area contributed by atoms with E-state index in [0.29, 0.717) is 36.3 Å². The van der Waals surface area contributed by atoms with E-state index in [1.807, 2.05) is 0 Å². The van der Waals surface area contributed by atoms with Gasteiger partial charge in [0.25, 0.3) is 0 Å². The molecule has 4 aliphatic rings. The molecule has 8 atom stereocenters. The van der Waals surface area contributed by atoms with Crippen LogP contribution in [0.4, 0.5) is 0 Å². The molecule has 2 saturated heterocycles. The Kier molecular flexibility index (Phi) is 5.60. The number of ether oxygens (including phenoxy) is 3. The summed E-state index contributed by atoms with van der Waals surface area (Å²) in [6.07, 6.45) is 11.8. The molecule has 3 heteroatoms. The largest absolute Gasteiger partial charge is 0.374 e. The van der Waals surface area contributed by atoms with E-state index in [-0.39, 0.29) is 12.2 Å². The molecule has 2 saturated carbocycles. The molecule has 2 aromatic rings. The van der Waals surface area contributed by atoms with Gasteiger partial charge in [-0.05, 0) is 74.3 Å². The van der Waals surface area contributed by atoms with Gasteiger partial charge in [0.2, 0.25) is 0 Å². The first kappa shape index (κ1) is 20.0. The number of hydrogen-bond acceptors (Lipinski definition) is 3. The molecule has 6 rings (SSSR count). The quantitative estimate of drug-likeness (QED) is 0.541. The molecule has 4 fully saturated rings. The lowest BCUT2D eigenvalue weighted by atomic mass is 9.81. The van der Waals surface area contributed by atoms with Crippen molar-refractivity contribution in [3.8, 4) is 0 Å². The molecule has 2 heterocycles. The highest BCUT2D eigenvalue weighted by Crippen LogP contribution is 2.45. The fraction of sp³-hybridized carbons (Fsp3) is 0.571. The molecular weight excluding hydrogens is 384 g/mol. The predicted octanol–water partition coefficient (Wildman–Crippen LogP) is 5.36. The lowest BCUT2D eigenvalue weighted by molar-refractivity contribution is -0.0780. The van der Waals surface area contributed by atoms with Crippen LogP contribution in [0.5, 0.6) is 0 Å². The standard InChI is InChI=1S/C28H34O3/c1-3-7-19(8-4-1)15-25(21-11-13-23-27(17-21)29-23)31-26(16-20-9-5-2-6-10-20)22-12-14-24-28(18-22)30-24/h1-10,21-28H,11-18H2. The van der Waals surface area contributed by atoms with Crippen molar-refractivity contribution in [3.63, 3.8) is 0 Å². The molecule has 0 bridgehead atoms. The summed E-state index contributed by atoms with van der Waals surface area (Å²) in [4.78, 5) is 0. The van der Waals surface area contributed by atoms with Crippen molar-refractivity contribution in [1.82, 2.24) is 0 Å². The highest BCUT2D eigenvalue weighted by Gasteiger charge is 2.48. The number of epoxide rings is 2. The molecule has 164 valence electrons. The Morgan fingerprint density at radius 3 is 1.48 bits per heavy atom. The van der Waals surface area contributed by atoms with E-state index in [1.165, 1.54) is 49.7 Å². The molecule has 0 amide bonds. The zero-order valence-corrected chi connectivity index (χ0v) is 18.3. The maximum absolute atomic E-state index is 7.16. The Morgan fingerprint density at radius 2 is 1.06 bits per heavy atom. The smallest absolute Gasteiger partial charge is 0.0845 e. The van der Waals surface area contributed by atoms with Gasteiger partial charge in [0.05, 0.1) is 36.6 Å². The maximum Gasteiger partial charge on any atom is 0.0845 e. The van der Waals surface area contributed by atoms with Crippen LogP contribution in [0.15, 0.2) is 60.7 Å². The number of hydrogen-bond donors (Lipinski definition) is 0. The Labute approximate surface area is 186 Å². The van der Waals surface area contributed by atoms with Gasteiger partial charge in [-0.1, -0.05) is 60.7 Å². The van der Waals surface area contributed by atoms with Gasteiger partial charge in [0.15, 0.2) is 0 Å². The summed E-state index contributed by atoms with van der Waals surface area (Å²) in [6.45, 7) is 0. The second-order valence-electron chi connectivity index (χ2n) is 10.2. The summed E-state index contributed by atoms with van der Waals surface area (Å²) in [7, 11) is 0.